The molecule has 1 aromatic heterocycles. The third-order valence-corrected chi connectivity index (χ3v) is 4.00. The van der Waals surface area contributed by atoms with Gasteiger partial charge in [0.2, 0.25) is 0 Å². The Labute approximate surface area is 169 Å². The average molecular weight is 522 g/mol. The summed E-state index contributed by atoms with van der Waals surface area (Å²) in [4.78, 5) is 8.36. The van der Waals surface area contributed by atoms with Crippen LogP contribution >= 0.6 is 0 Å². The topological polar surface area (TPSA) is 24.3 Å². The van der Waals surface area contributed by atoms with Crippen LogP contribution in [0.25, 0.3) is 11.4 Å². The number of benzene rings is 2. The van der Waals surface area contributed by atoms with Crippen molar-refractivity contribution < 1.29 is 20.1 Å². The fraction of sp³-hybridized carbons (Fsp3) is 0.143. The molecule has 4 nitrogen and oxygen atoms in total. The van der Waals surface area contributed by atoms with E-state index in [1.54, 1.807) is 6.20 Å². The van der Waals surface area contributed by atoms with Crippen LogP contribution in [0.1, 0.15) is 0 Å². The first-order chi connectivity index (χ1) is 12.2. The summed E-state index contributed by atoms with van der Waals surface area (Å²) >= 11 is 0. The van der Waals surface area contributed by atoms with E-state index in [2.05, 4.69) is 33.8 Å². The molecule has 2 aromatic carbocycles. The van der Waals surface area contributed by atoms with E-state index in [1.165, 1.54) is 0 Å². The van der Waals surface area contributed by atoms with E-state index in [4.69, 9.17) is 0 Å². The summed E-state index contributed by atoms with van der Waals surface area (Å²) in [5.41, 5.74) is 2.09. The summed E-state index contributed by atoms with van der Waals surface area (Å²) in [7, 11) is 3.99. The molecule has 0 amide bonds. The first-order valence-corrected chi connectivity index (χ1v) is 8.09. The van der Waals surface area contributed by atoms with Gasteiger partial charge in [0.05, 0.1) is 5.82 Å². The van der Waals surface area contributed by atoms with Crippen molar-refractivity contribution in [2.75, 3.05) is 11.9 Å². The number of para-hydroxylation sites is 1. The molecule has 0 fully saturated rings. The summed E-state index contributed by atoms with van der Waals surface area (Å²) in [6.07, 6.45) is 7.88. The van der Waals surface area contributed by atoms with Crippen LogP contribution in [-0.2, 0) is 27.2 Å². The molecule has 26 heavy (non-hydrogen) atoms. The van der Waals surface area contributed by atoms with E-state index in [0.29, 0.717) is 0 Å². The number of hydrogen-bond donors (Lipinski definition) is 0. The van der Waals surface area contributed by atoms with Crippen molar-refractivity contribution >= 4 is 5.69 Å². The zero-order valence-corrected chi connectivity index (χ0v) is 17.2. The maximum Gasteiger partial charge on any atom is 3.00 e. The molecular weight excluding hydrogens is 500 g/mol. The predicted octanol–water partition coefficient (Wildman–Crippen LogP) is 3.75. The first kappa shape index (κ1) is 20.0. The van der Waals surface area contributed by atoms with Crippen molar-refractivity contribution in [3.05, 3.63) is 92.4 Å². The Balaban J connectivity index is 0.000000180. The van der Waals surface area contributed by atoms with Gasteiger partial charge < -0.3 is 21.3 Å². The van der Waals surface area contributed by atoms with Gasteiger partial charge in [-0.2, -0.15) is 24.3 Å². The van der Waals surface area contributed by atoms with Crippen molar-refractivity contribution in [1.29, 1.82) is 0 Å². The van der Waals surface area contributed by atoms with E-state index in [0.717, 1.165) is 17.1 Å². The second-order valence-corrected chi connectivity index (χ2v) is 5.74. The van der Waals surface area contributed by atoms with Crippen LogP contribution in [0.3, 0.4) is 0 Å². The summed E-state index contributed by atoms with van der Waals surface area (Å²) in [6.45, 7) is 4.05. The molecule has 1 unspecified atom stereocenters. The van der Waals surface area contributed by atoms with Crippen molar-refractivity contribution in [3.63, 3.8) is 0 Å². The summed E-state index contributed by atoms with van der Waals surface area (Å²) in [5, 5.41) is 0. The van der Waals surface area contributed by atoms with E-state index >= 15 is 0 Å². The van der Waals surface area contributed by atoms with Gasteiger partial charge in [-0.25, -0.2) is 0 Å². The van der Waals surface area contributed by atoms with Crippen LogP contribution in [0, 0.1) is 19.1 Å². The summed E-state index contributed by atoms with van der Waals surface area (Å²) in [5.74, 6) is 0.954. The summed E-state index contributed by atoms with van der Waals surface area (Å²) in [6, 6.07) is 22.0. The largest absolute Gasteiger partial charge is 3.00 e. The molecule has 2 heterocycles. The molecule has 0 saturated carbocycles. The van der Waals surface area contributed by atoms with Crippen molar-refractivity contribution in [1.82, 2.24) is 14.5 Å². The molecule has 3 aromatic rings. The normalized spacial score (nSPS) is 15.3. The fourth-order valence-corrected chi connectivity index (χ4v) is 2.51. The molecule has 4 rings (SSSR count). The van der Waals surface area contributed by atoms with Gasteiger partial charge in [-0.15, -0.1) is 42.0 Å². The molecule has 1 aliphatic heterocycles. The number of nitrogens with zero attached hydrogens (tertiary/aromatic N) is 4. The Morgan fingerprint density at radius 3 is 2.23 bits per heavy atom. The van der Waals surface area contributed by atoms with Crippen LogP contribution in [0.2, 0.25) is 0 Å². The minimum absolute atomic E-state index is 0. The number of anilines is 1. The molecule has 1 aliphatic rings. The van der Waals surface area contributed by atoms with Crippen LogP contribution in [0.15, 0.2) is 73.3 Å². The van der Waals surface area contributed by atoms with Gasteiger partial charge in [-0.05, 0) is 6.17 Å². The fourth-order valence-electron chi connectivity index (χ4n) is 2.51. The van der Waals surface area contributed by atoms with E-state index in [9.17, 15) is 0 Å². The maximum atomic E-state index is 4.22. The molecule has 5 heteroatoms. The molecule has 0 saturated heterocycles. The predicted molar refractivity (Wildman–Crippen MR) is 101 cm³/mol. The minimum Gasteiger partial charge on any atom is -0.387 e. The van der Waals surface area contributed by atoms with Gasteiger partial charge in [0.25, 0.3) is 0 Å². The number of aromatic nitrogens is 2. The Bertz CT molecular complexity index is 814. The Hall–Kier alpha value is -2.36. The summed E-state index contributed by atoms with van der Waals surface area (Å²) < 4.78 is 1.98. The van der Waals surface area contributed by atoms with Crippen LogP contribution in [-0.4, -0.2) is 27.7 Å². The van der Waals surface area contributed by atoms with E-state index < -0.39 is 0 Å². The zero-order valence-electron chi connectivity index (χ0n) is 14.8. The van der Waals surface area contributed by atoms with Gasteiger partial charge >= 0.3 is 20.1 Å². The third kappa shape index (κ3) is 4.63. The standard InChI is InChI=1S/C11H12N2.C10H9N2.Ir/c1-10-12(2)8-9-13(10)11-6-4-3-5-7-11;1-12-8-7-11-10(12)9-5-3-2-4-6-9;/h3-6,8-10H,1H2,2H3;2-5,7-8H,1H3;/q-2;-1;+3. The van der Waals surface area contributed by atoms with Crippen LogP contribution < -0.4 is 4.90 Å². The monoisotopic (exact) mass is 522 g/mol. The van der Waals surface area contributed by atoms with Crippen molar-refractivity contribution in [2.45, 2.75) is 6.17 Å². The molecule has 0 spiro atoms. The first-order valence-electron chi connectivity index (χ1n) is 8.09. The number of aryl methyl sites for hydroxylation is 1. The second kappa shape index (κ2) is 9.37. The average Bonchev–Trinajstić information content (AvgIpc) is 3.23. The van der Waals surface area contributed by atoms with Crippen molar-refractivity contribution in [3.8, 4) is 11.4 Å². The smallest absolute Gasteiger partial charge is 0.387 e. The van der Waals surface area contributed by atoms with E-state index in [-0.39, 0.29) is 26.3 Å². The molecule has 0 N–H and O–H groups in total. The molecule has 0 aliphatic carbocycles. The minimum atomic E-state index is 0. The quantitative estimate of drug-likeness (QED) is 0.480. The Kier molecular flexibility index (Phi) is 7.19. The van der Waals surface area contributed by atoms with Crippen LogP contribution in [0.4, 0.5) is 5.69 Å². The third-order valence-electron chi connectivity index (χ3n) is 4.00. The maximum absolute atomic E-state index is 4.22. The van der Waals surface area contributed by atoms with Gasteiger partial charge in [-0.1, -0.05) is 5.69 Å². The Morgan fingerprint density at radius 2 is 1.73 bits per heavy atom. The number of rotatable bonds is 2. The molecule has 134 valence electrons. The molecule has 1 atom stereocenters. The number of hydrogen-bond acceptors (Lipinski definition) is 3. The molecule has 0 bridgehead atoms. The van der Waals surface area contributed by atoms with Crippen molar-refractivity contribution in [2.24, 2.45) is 7.05 Å². The number of imidazole rings is 1. The van der Waals surface area contributed by atoms with E-state index in [1.807, 2.05) is 85.8 Å². The van der Waals surface area contributed by atoms with Gasteiger partial charge in [0.15, 0.2) is 0 Å². The zero-order chi connectivity index (χ0) is 17.6. The second-order valence-electron chi connectivity index (χ2n) is 5.74. The SMILES string of the molecule is Cn1ccnc1-c1[c-]cccc1.[CH2-]C1N(C)C=CN1c1[c-]cccc1.[Ir+3]. The molecular formula is C21H21IrN4. The Morgan fingerprint density at radius 1 is 1.00 bits per heavy atom. The van der Waals surface area contributed by atoms with Gasteiger partial charge in [0.1, 0.15) is 0 Å². The van der Waals surface area contributed by atoms with Crippen LogP contribution in [0.5, 0.6) is 0 Å². The van der Waals surface area contributed by atoms with Gasteiger partial charge in [-0.3, -0.25) is 4.98 Å². The molecule has 0 radical (unpaired) electrons. The van der Waals surface area contributed by atoms with Gasteiger partial charge in [0, 0.05) is 38.9 Å².